The molecule has 2 fully saturated rings. The van der Waals surface area contributed by atoms with Crippen LogP contribution in [0.15, 0.2) is 4.99 Å². The third kappa shape index (κ3) is 3.73. The SMILES string of the molecule is CCCNC(=NC)NCC1(C2CC2)CCC1.I. The molecule has 3 nitrogen and oxygen atoms in total. The maximum Gasteiger partial charge on any atom is 0.190 e. The van der Waals surface area contributed by atoms with Crippen molar-refractivity contribution >= 4 is 29.9 Å². The van der Waals surface area contributed by atoms with Crippen LogP contribution in [0.2, 0.25) is 0 Å². The molecule has 2 aliphatic rings. The summed E-state index contributed by atoms with van der Waals surface area (Å²) in [5.74, 6) is 1.99. The first-order valence-electron chi connectivity index (χ1n) is 6.75. The largest absolute Gasteiger partial charge is 0.356 e. The van der Waals surface area contributed by atoms with Gasteiger partial charge in [-0.3, -0.25) is 4.99 Å². The van der Waals surface area contributed by atoms with E-state index in [-0.39, 0.29) is 24.0 Å². The van der Waals surface area contributed by atoms with E-state index in [1.165, 1.54) is 32.1 Å². The second-order valence-corrected chi connectivity index (χ2v) is 5.34. The molecule has 0 bridgehead atoms. The lowest BCUT2D eigenvalue weighted by atomic mass is 9.65. The smallest absolute Gasteiger partial charge is 0.190 e. The first kappa shape index (κ1) is 15.1. The van der Waals surface area contributed by atoms with Crippen molar-refractivity contribution in [2.75, 3.05) is 20.1 Å². The summed E-state index contributed by atoms with van der Waals surface area (Å²) in [6, 6.07) is 0. The van der Waals surface area contributed by atoms with Crippen LogP contribution in [0.1, 0.15) is 45.4 Å². The Hall–Kier alpha value is 0. The van der Waals surface area contributed by atoms with Crippen LogP contribution in [0.4, 0.5) is 0 Å². The van der Waals surface area contributed by atoms with Crippen LogP contribution in [-0.2, 0) is 0 Å². The summed E-state index contributed by atoms with van der Waals surface area (Å²) in [6.45, 7) is 4.31. The van der Waals surface area contributed by atoms with Crippen molar-refractivity contribution in [1.29, 1.82) is 0 Å². The van der Waals surface area contributed by atoms with Gasteiger partial charge in [0.05, 0.1) is 0 Å². The van der Waals surface area contributed by atoms with E-state index in [0.717, 1.165) is 31.4 Å². The zero-order chi connectivity index (χ0) is 11.4. The van der Waals surface area contributed by atoms with Gasteiger partial charge in [-0.1, -0.05) is 13.3 Å². The molecule has 17 heavy (non-hydrogen) atoms. The molecule has 0 aromatic heterocycles. The molecule has 100 valence electrons. The van der Waals surface area contributed by atoms with Crippen molar-refractivity contribution in [1.82, 2.24) is 10.6 Å². The Bertz CT molecular complexity index is 257. The van der Waals surface area contributed by atoms with Crippen LogP contribution >= 0.6 is 24.0 Å². The molecule has 2 saturated carbocycles. The highest BCUT2D eigenvalue weighted by atomic mass is 127. The summed E-state index contributed by atoms with van der Waals surface area (Å²) in [5.41, 5.74) is 0.629. The fourth-order valence-electron chi connectivity index (χ4n) is 2.78. The minimum Gasteiger partial charge on any atom is -0.356 e. The van der Waals surface area contributed by atoms with E-state index in [0.29, 0.717) is 5.41 Å². The van der Waals surface area contributed by atoms with Crippen molar-refractivity contribution in [3.63, 3.8) is 0 Å². The summed E-state index contributed by atoms with van der Waals surface area (Å²) in [4.78, 5) is 4.26. The Morgan fingerprint density at radius 1 is 1.29 bits per heavy atom. The van der Waals surface area contributed by atoms with Crippen LogP contribution < -0.4 is 10.6 Å². The molecule has 0 amide bonds. The predicted molar refractivity (Wildman–Crippen MR) is 84.1 cm³/mol. The van der Waals surface area contributed by atoms with Gasteiger partial charge in [-0.05, 0) is 43.4 Å². The first-order valence-corrected chi connectivity index (χ1v) is 6.75. The molecule has 0 atom stereocenters. The molecule has 0 aromatic carbocycles. The van der Waals surface area contributed by atoms with E-state index < -0.39 is 0 Å². The number of hydrogen-bond donors (Lipinski definition) is 2. The van der Waals surface area contributed by atoms with Crippen LogP contribution in [0.5, 0.6) is 0 Å². The van der Waals surface area contributed by atoms with Crippen molar-refractivity contribution in [2.24, 2.45) is 16.3 Å². The van der Waals surface area contributed by atoms with Gasteiger partial charge in [-0.25, -0.2) is 0 Å². The van der Waals surface area contributed by atoms with E-state index in [1.807, 2.05) is 7.05 Å². The zero-order valence-electron chi connectivity index (χ0n) is 11.1. The number of guanidine groups is 1. The lowest BCUT2D eigenvalue weighted by Gasteiger charge is -2.43. The van der Waals surface area contributed by atoms with Gasteiger partial charge in [0.25, 0.3) is 0 Å². The van der Waals surface area contributed by atoms with E-state index in [9.17, 15) is 0 Å². The summed E-state index contributed by atoms with van der Waals surface area (Å²) < 4.78 is 0. The molecule has 2 rings (SSSR count). The Morgan fingerprint density at radius 2 is 2.00 bits per heavy atom. The standard InChI is InChI=1S/C13H25N3.HI/c1-3-9-15-12(14-2)16-10-13(7-4-8-13)11-5-6-11;/h11H,3-10H2,1-2H3,(H2,14,15,16);1H. The van der Waals surface area contributed by atoms with Gasteiger partial charge in [-0.15, -0.1) is 24.0 Å². The fourth-order valence-corrected chi connectivity index (χ4v) is 2.78. The lowest BCUT2D eigenvalue weighted by molar-refractivity contribution is 0.106. The minimum atomic E-state index is 0. The molecule has 2 aliphatic carbocycles. The molecule has 0 saturated heterocycles. The van der Waals surface area contributed by atoms with Crippen LogP contribution in [0.3, 0.4) is 0 Å². The van der Waals surface area contributed by atoms with Gasteiger partial charge >= 0.3 is 0 Å². The summed E-state index contributed by atoms with van der Waals surface area (Å²) in [6.07, 6.45) is 8.35. The Kier molecular flexibility index (Phi) is 6.03. The summed E-state index contributed by atoms with van der Waals surface area (Å²) in [5, 5.41) is 6.85. The van der Waals surface area contributed by atoms with Crippen LogP contribution in [-0.4, -0.2) is 26.1 Å². The predicted octanol–water partition coefficient (Wildman–Crippen LogP) is 2.76. The Morgan fingerprint density at radius 3 is 2.41 bits per heavy atom. The van der Waals surface area contributed by atoms with Crippen LogP contribution in [0.25, 0.3) is 0 Å². The molecule has 0 radical (unpaired) electrons. The average Bonchev–Trinajstić information content (AvgIpc) is 3.05. The second kappa shape index (κ2) is 6.81. The number of halogens is 1. The van der Waals surface area contributed by atoms with Crippen molar-refractivity contribution in [3.8, 4) is 0 Å². The molecule has 0 spiro atoms. The number of aliphatic imine (C=N–C) groups is 1. The van der Waals surface area contributed by atoms with E-state index >= 15 is 0 Å². The van der Waals surface area contributed by atoms with Crippen LogP contribution in [0, 0.1) is 11.3 Å². The number of rotatable bonds is 5. The topological polar surface area (TPSA) is 36.4 Å². The van der Waals surface area contributed by atoms with Gasteiger partial charge in [0, 0.05) is 20.1 Å². The quantitative estimate of drug-likeness (QED) is 0.454. The number of hydrogen-bond acceptors (Lipinski definition) is 1. The number of nitrogens with zero attached hydrogens (tertiary/aromatic N) is 1. The molecule has 0 aliphatic heterocycles. The van der Waals surface area contributed by atoms with Crippen molar-refractivity contribution in [2.45, 2.75) is 45.4 Å². The lowest BCUT2D eigenvalue weighted by Crippen LogP contribution is -2.47. The normalized spacial score (nSPS) is 22.4. The highest BCUT2D eigenvalue weighted by Crippen LogP contribution is 2.56. The Labute approximate surface area is 122 Å². The molecular weight excluding hydrogens is 325 g/mol. The van der Waals surface area contributed by atoms with Crippen molar-refractivity contribution in [3.05, 3.63) is 0 Å². The monoisotopic (exact) mass is 351 g/mol. The third-order valence-electron chi connectivity index (χ3n) is 4.17. The molecule has 0 heterocycles. The van der Waals surface area contributed by atoms with Gasteiger partial charge in [0.15, 0.2) is 5.96 Å². The zero-order valence-corrected chi connectivity index (χ0v) is 13.4. The molecule has 0 aromatic rings. The third-order valence-corrected chi connectivity index (χ3v) is 4.17. The first-order chi connectivity index (χ1) is 7.80. The maximum atomic E-state index is 4.26. The molecule has 0 unspecified atom stereocenters. The fraction of sp³-hybridized carbons (Fsp3) is 0.923. The number of nitrogens with one attached hydrogen (secondary N) is 2. The molecule has 2 N–H and O–H groups in total. The average molecular weight is 351 g/mol. The molecule has 4 heteroatoms. The van der Waals surface area contributed by atoms with Gasteiger partial charge in [0.2, 0.25) is 0 Å². The Balaban J connectivity index is 0.00000144. The maximum absolute atomic E-state index is 4.26. The molecular formula is C13H26IN3. The van der Waals surface area contributed by atoms with Gasteiger partial charge in [0.1, 0.15) is 0 Å². The van der Waals surface area contributed by atoms with Gasteiger partial charge in [-0.2, -0.15) is 0 Å². The van der Waals surface area contributed by atoms with E-state index in [4.69, 9.17) is 0 Å². The van der Waals surface area contributed by atoms with E-state index in [2.05, 4.69) is 22.5 Å². The minimum absolute atomic E-state index is 0. The highest BCUT2D eigenvalue weighted by molar-refractivity contribution is 14.0. The van der Waals surface area contributed by atoms with Crippen molar-refractivity contribution < 1.29 is 0 Å². The second-order valence-electron chi connectivity index (χ2n) is 5.34. The summed E-state index contributed by atoms with van der Waals surface area (Å²) >= 11 is 0. The van der Waals surface area contributed by atoms with Gasteiger partial charge < -0.3 is 10.6 Å². The summed E-state index contributed by atoms with van der Waals surface area (Å²) in [7, 11) is 1.86. The highest BCUT2D eigenvalue weighted by Gasteiger charge is 2.48. The van der Waals surface area contributed by atoms with E-state index in [1.54, 1.807) is 0 Å².